The number of allylic oxidation sites excluding steroid dienone is 2. The van der Waals surface area contributed by atoms with Crippen LogP contribution in [-0.2, 0) is 29.4 Å². The van der Waals surface area contributed by atoms with Crippen LogP contribution in [0.1, 0.15) is 42.7 Å². The van der Waals surface area contributed by atoms with Gasteiger partial charge in [0, 0.05) is 29.5 Å². The van der Waals surface area contributed by atoms with E-state index >= 15 is 4.79 Å². The van der Waals surface area contributed by atoms with Gasteiger partial charge in [-0.3, -0.25) is 28.9 Å². The van der Waals surface area contributed by atoms with Crippen LogP contribution >= 0.6 is 11.6 Å². The molecular weight excluding hydrogens is 656 g/mol. The molecule has 0 aromatic heterocycles. The number of phenols is 1. The van der Waals surface area contributed by atoms with E-state index < -0.39 is 58.7 Å². The minimum Gasteiger partial charge on any atom is -0.508 e. The molecule has 0 spiro atoms. The van der Waals surface area contributed by atoms with Gasteiger partial charge in [-0.05, 0) is 65.8 Å². The Bertz CT molecular complexity index is 2150. The maximum absolute atomic E-state index is 15.4. The first kappa shape index (κ1) is 32.0. The summed E-state index contributed by atoms with van der Waals surface area (Å²) in [7, 11) is 0. The summed E-state index contributed by atoms with van der Waals surface area (Å²) >= 11 is 6.39. The number of phenolic OH excluding ortho intramolecular Hbond substituents is 1. The number of carboxylic acids is 1. The Kier molecular flexibility index (Phi) is 7.64. The molecule has 252 valence electrons. The maximum Gasteiger partial charge on any atom is 0.303 e. The van der Waals surface area contributed by atoms with Gasteiger partial charge in [0.05, 0.1) is 28.9 Å². The number of halogens is 1. The Morgan fingerprint density at radius 1 is 0.860 bits per heavy atom. The molecule has 2 heterocycles. The number of carbonyl (C=O) groups is 5. The molecule has 4 amide bonds. The van der Waals surface area contributed by atoms with E-state index in [1.807, 2.05) is 60.7 Å². The first-order valence-corrected chi connectivity index (χ1v) is 17.2. The van der Waals surface area contributed by atoms with Crippen molar-refractivity contribution in [2.45, 2.75) is 37.0 Å². The number of rotatable bonds is 7. The SMILES string of the molecule is O=C(O)CCCN1C(=O)C2CC=C3C(CC4C(=O)N(c5cccc(Cl)c5)C(=O)C4(c4ccccc4)C3c3c(O)ccc4ccccc34)C2C1=O. The van der Waals surface area contributed by atoms with E-state index in [1.165, 1.54) is 9.80 Å². The number of amides is 4. The second-order valence-electron chi connectivity index (χ2n) is 13.6. The molecular formula is C40H33ClN2O7. The number of benzene rings is 4. The molecule has 50 heavy (non-hydrogen) atoms. The molecule has 2 N–H and O–H groups in total. The summed E-state index contributed by atoms with van der Waals surface area (Å²) in [5, 5.41) is 22.9. The second kappa shape index (κ2) is 11.9. The Balaban J connectivity index is 1.38. The van der Waals surface area contributed by atoms with Crippen LogP contribution in [0.2, 0.25) is 5.02 Å². The molecule has 0 bridgehead atoms. The number of hydrogen-bond donors (Lipinski definition) is 2. The van der Waals surface area contributed by atoms with Crippen molar-refractivity contribution in [2.24, 2.45) is 23.7 Å². The van der Waals surface area contributed by atoms with Crippen molar-refractivity contribution in [1.29, 1.82) is 0 Å². The van der Waals surface area contributed by atoms with Gasteiger partial charge in [-0.1, -0.05) is 90.0 Å². The van der Waals surface area contributed by atoms with E-state index in [2.05, 4.69) is 0 Å². The molecule has 4 aromatic carbocycles. The number of aliphatic carboxylic acids is 1. The lowest BCUT2D eigenvalue weighted by atomic mass is 9.48. The molecule has 4 aliphatic rings. The lowest BCUT2D eigenvalue weighted by Crippen LogP contribution is -2.53. The number of nitrogens with zero attached hydrogens (tertiary/aromatic N) is 2. The predicted molar refractivity (Wildman–Crippen MR) is 185 cm³/mol. The van der Waals surface area contributed by atoms with Crippen LogP contribution in [0, 0.1) is 23.7 Å². The first-order valence-electron chi connectivity index (χ1n) is 16.8. The molecule has 8 rings (SSSR count). The van der Waals surface area contributed by atoms with Crippen molar-refractivity contribution in [3.63, 3.8) is 0 Å². The number of likely N-dealkylation sites (tertiary alicyclic amines) is 1. The van der Waals surface area contributed by atoms with Gasteiger partial charge in [0.25, 0.3) is 0 Å². The van der Waals surface area contributed by atoms with Crippen molar-refractivity contribution >= 4 is 57.7 Å². The summed E-state index contributed by atoms with van der Waals surface area (Å²) in [5.41, 5.74) is 0.626. The Labute approximate surface area is 292 Å². The van der Waals surface area contributed by atoms with Crippen molar-refractivity contribution in [3.8, 4) is 5.75 Å². The fourth-order valence-electron chi connectivity index (χ4n) is 9.32. The lowest BCUT2D eigenvalue weighted by Gasteiger charge is -2.51. The maximum atomic E-state index is 15.4. The minimum absolute atomic E-state index is 0.0100. The van der Waals surface area contributed by atoms with Gasteiger partial charge in [-0.2, -0.15) is 0 Å². The average Bonchev–Trinajstić information content (AvgIpc) is 3.49. The van der Waals surface area contributed by atoms with Gasteiger partial charge in [0.1, 0.15) is 5.75 Å². The molecule has 4 aromatic rings. The van der Waals surface area contributed by atoms with Gasteiger partial charge in [0.2, 0.25) is 23.6 Å². The third-order valence-electron chi connectivity index (χ3n) is 11.3. The number of carboxylic acid groups (broad SMARTS) is 1. The third-order valence-corrected chi connectivity index (χ3v) is 11.5. The van der Waals surface area contributed by atoms with Crippen LogP contribution in [0.3, 0.4) is 0 Å². The van der Waals surface area contributed by atoms with E-state index in [1.54, 1.807) is 36.4 Å². The number of fused-ring (bicyclic) bond motifs is 5. The molecule has 2 saturated heterocycles. The van der Waals surface area contributed by atoms with E-state index in [-0.39, 0.29) is 43.9 Å². The smallest absolute Gasteiger partial charge is 0.303 e. The van der Waals surface area contributed by atoms with E-state index in [0.717, 1.165) is 11.0 Å². The normalized spacial score (nSPS) is 27.3. The fraction of sp³-hybridized carbons (Fsp3) is 0.275. The summed E-state index contributed by atoms with van der Waals surface area (Å²) in [4.78, 5) is 71.9. The summed E-state index contributed by atoms with van der Waals surface area (Å²) in [6.07, 6.45) is 2.25. The topological polar surface area (TPSA) is 132 Å². The Morgan fingerprint density at radius 3 is 2.38 bits per heavy atom. The van der Waals surface area contributed by atoms with Crippen LogP contribution in [0.4, 0.5) is 5.69 Å². The van der Waals surface area contributed by atoms with Crippen LogP contribution < -0.4 is 4.90 Å². The van der Waals surface area contributed by atoms with Crippen molar-refractivity contribution in [3.05, 3.63) is 119 Å². The number of hydrogen-bond acceptors (Lipinski definition) is 6. The molecule has 2 aliphatic carbocycles. The van der Waals surface area contributed by atoms with Gasteiger partial charge in [-0.15, -0.1) is 0 Å². The van der Waals surface area contributed by atoms with Crippen LogP contribution in [-0.4, -0.2) is 51.3 Å². The average molecular weight is 689 g/mol. The molecule has 1 saturated carbocycles. The Hall–Kier alpha value is -5.28. The summed E-state index contributed by atoms with van der Waals surface area (Å²) < 4.78 is 0. The fourth-order valence-corrected chi connectivity index (χ4v) is 9.50. The highest BCUT2D eigenvalue weighted by molar-refractivity contribution is 6.32. The number of anilines is 1. The molecule has 0 radical (unpaired) electrons. The third kappa shape index (κ3) is 4.56. The second-order valence-corrected chi connectivity index (χ2v) is 14.1. The zero-order valence-electron chi connectivity index (χ0n) is 26.9. The van der Waals surface area contributed by atoms with Crippen LogP contribution in [0.5, 0.6) is 5.75 Å². The highest BCUT2D eigenvalue weighted by Gasteiger charge is 2.70. The van der Waals surface area contributed by atoms with Crippen LogP contribution in [0.25, 0.3) is 10.8 Å². The number of carbonyl (C=O) groups excluding carboxylic acids is 4. The van der Waals surface area contributed by atoms with E-state index in [0.29, 0.717) is 27.2 Å². The summed E-state index contributed by atoms with van der Waals surface area (Å²) in [6, 6.07) is 26.7. The van der Waals surface area contributed by atoms with Gasteiger partial charge in [0.15, 0.2) is 0 Å². The molecule has 10 heteroatoms. The van der Waals surface area contributed by atoms with Crippen molar-refractivity contribution in [2.75, 3.05) is 11.4 Å². The standard InChI is InChI=1S/C40H33ClN2O7/c41-24-11-6-12-25(20-24)43-37(48)30-21-29-27(16-17-28-33(29)38(49)42(36(28)47)19-7-14-32(45)46)35(40(30,39(43)50)23-9-2-1-3-10-23)34-26-13-5-4-8-22(26)15-18-31(34)44/h1-6,8-13,15-16,18,20,28-30,33,35,44H,7,14,17,19,21H2,(H,45,46). The van der Waals surface area contributed by atoms with Crippen molar-refractivity contribution in [1.82, 2.24) is 4.90 Å². The molecule has 6 atom stereocenters. The predicted octanol–water partition coefficient (Wildman–Crippen LogP) is 6.23. The molecule has 9 nitrogen and oxygen atoms in total. The Morgan fingerprint density at radius 2 is 1.62 bits per heavy atom. The quantitative estimate of drug-likeness (QED) is 0.174. The van der Waals surface area contributed by atoms with E-state index in [9.17, 15) is 29.4 Å². The van der Waals surface area contributed by atoms with Gasteiger partial charge < -0.3 is 10.2 Å². The van der Waals surface area contributed by atoms with Crippen LogP contribution in [0.15, 0.2) is 103 Å². The zero-order valence-corrected chi connectivity index (χ0v) is 27.6. The zero-order chi connectivity index (χ0) is 34.9. The summed E-state index contributed by atoms with van der Waals surface area (Å²) in [5.74, 6) is -6.63. The number of imide groups is 2. The lowest BCUT2D eigenvalue weighted by molar-refractivity contribution is -0.142. The largest absolute Gasteiger partial charge is 0.508 e. The van der Waals surface area contributed by atoms with Gasteiger partial charge >= 0.3 is 5.97 Å². The van der Waals surface area contributed by atoms with E-state index in [4.69, 9.17) is 11.6 Å². The molecule has 3 fully saturated rings. The minimum atomic E-state index is -1.52. The monoisotopic (exact) mass is 688 g/mol. The molecule has 6 unspecified atom stereocenters. The number of aromatic hydroxyl groups is 1. The highest BCUT2D eigenvalue weighted by Crippen LogP contribution is 2.65. The summed E-state index contributed by atoms with van der Waals surface area (Å²) in [6.45, 7) is -0.0100. The molecule has 2 aliphatic heterocycles. The highest BCUT2D eigenvalue weighted by atomic mass is 35.5. The van der Waals surface area contributed by atoms with Crippen molar-refractivity contribution < 1.29 is 34.2 Å². The van der Waals surface area contributed by atoms with Gasteiger partial charge in [-0.25, -0.2) is 4.90 Å². The first-order chi connectivity index (χ1) is 24.1.